The number of nitrogens with zero attached hydrogens (tertiary/aromatic N) is 4. The van der Waals surface area contributed by atoms with E-state index in [-0.39, 0.29) is 18.0 Å². The van der Waals surface area contributed by atoms with Crippen molar-refractivity contribution in [2.24, 2.45) is 0 Å². The molecule has 3 aromatic rings. The predicted molar refractivity (Wildman–Crippen MR) is 97.4 cm³/mol. The number of carbonyl (C=O) groups is 1. The SMILES string of the molecule is Cc1ccc(N(CCC#N)C(=O)c2cnc3ccccc3n2)cc1C. The van der Waals surface area contributed by atoms with Crippen LogP contribution in [0.15, 0.2) is 48.7 Å². The summed E-state index contributed by atoms with van der Waals surface area (Å²) in [4.78, 5) is 23.3. The maximum absolute atomic E-state index is 13.0. The minimum atomic E-state index is -0.253. The first kappa shape index (κ1) is 16.6. The Morgan fingerprint density at radius 1 is 1.12 bits per heavy atom. The van der Waals surface area contributed by atoms with Gasteiger partial charge in [0.15, 0.2) is 0 Å². The highest BCUT2D eigenvalue weighted by atomic mass is 16.2. The summed E-state index contributed by atoms with van der Waals surface area (Å²) in [5, 5.41) is 8.94. The van der Waals surface area contributed by atoms with E-state index in [4.69, 9.17) is 5.26 Å². The quantitative estimate of drug-likeness (QED) is 0.729. The van der Waals surface area contributed by atoms with Crippen molar-refractivity contribution in [3.63, 3.8) is 0 Å². The van der Waals surface area contributed by atoms with E-state index in [9.17, 15) is 4.79 Å². The van der Waals surface area contributed by atoms with Crippen molar-refractivity contribution in [2.45, 2.75) is 20.3 Å². The Balaban J connectivity index is 2.00. The highest BCUT2D eigenvalue weighted by molar-refractivity contribution is 6.05. The molecule has 0 saturated carbocycles. The third-order valence-corrected chi connectivity index (χ3v) is 4.16. The van der Waals surface area contributed by atoms with E-state index in [0.29, 0.717) is 12.1 Å². The van der Waals surface area contributed by atoms with Gasteiger partial charge in [-0.1, -0.05) is 18.2 Å². The second-order valence-corrected chi connectivity index (χ2v) is 5.88. The lowest BCUT2D eigenvalue weighted by Crippen LogP contribution is -2.32. The Labute approximate surface area is 146 Å². The van der Waals surface area contributed by atoms with Crippen molar-refractivity contribution >= 4 is 22.6 Å². The molecule has 0 aliphatic rings. The zero-order valence-corrected chi connectivity index (χ0v) is 14.2. The Morgan fingerprint density at radius 2 is 1.88 bits per heavy atom. The summed E-state index contributed by atoms with van der Waals surface area (Å²) in [7, 11) is 0. The molecule has 0 bridgehead atoms. The molecule has 124 valence electrons. The molecule has 0 unspecified atom stereocenters. The molecule has 1 heterocycles. The van der Waals surface area contributed by atoms with E-state index in [2.05, 4.69) is 16.0 Å². The number of anilines is 1. The first-order valence-corrected chi connectivity index (χ1v) is 8.08. The summed E-state index contributed by atoms with van der Waals surface area (Å²) < 4.78 is 0. The number of aromatic nitrogens is 2. The summed E-state index contributed by atoms with van der Waals surface area (Å²) in [5.41, 5.74) is 4.70. The number of hydrogen-bond donors (Lipinski definition) is 0. The molecule has 0 spiro atoms. The number of benzene rings is 2. The van der Waals surface area contributed by atoms with Gasteiger partial charge in [-0.05, 0) is 49.2 Å². The molecule has 0 saturated heterocycles. The summed E-state index contributed by atoms with van der Waals surface area (Å²) in [5.74, 6) is -0.253. The highest BCUT2D eigenvalue weighted by Gasteiger charge is 2.20. The standard InChI is InChI=1S/C20H18N4O/c1-14-8-9-16(12-15(14)2)24(11-5-10-21)20(25)19-13-22-17-6-3-4-7-18(17)23-19/h3-4,6-9,12-13H,5,11H2,1-2H3. The molecule has 0 fully saturated rings. The van der Waals surface area contributed by atoms with Crippen molar-refractivity contribution in [2.75, 3.05) is 11.4 Å². The minimum absolute atomic E-state index is 0.250. The molecule has 25 heavy (non-hydrogen) atoms. The minimum Gasteiger partial charge on any atom is -0.306 e. The first-order valence-electron chi connectivity index (χ1n) is 8.08. The van der Waals surface area contributed by atoms with E-state index in [1.54, 1.807) is 4.90 Å². The molecular formula is C20H18N4O. The van der Waals surface area contributed by atoms with Gasteiger partial charge >= 0.3 is 0 Å². The average molecular weight is 330 g/mol. The number of nitriles is 1. The van der Waals surface area contributed by atoms with Crippen molar-refractivity contribution in [3.05, 3.63) is 65.5 Å². The molecule has 2 aromatic carbocycles. The van der Waals surface area contributed by atoms with Crippen LogP contribution in [0, 0.1) is 25.2 Å². The zero-order chi connectivity index (χ0) is 17.8. The van der Waals surface area contributed by atoms with Crippen molar-refractivity contribution in [3.8, 4) is 6.07 Å². The van der Waals surface area contributed by atoms with Gasteiger partial charge < -0.3 is 4.90 Å². The molecule has 0 atom stereocenters. The molecule has 5 heteroatoms. The lowest BCUT2D eigenvalue weighted by molar-refractivity contribution is 0.0982. The Kier molecular flexibility index (Phi) is 4.71. The Hall–Kier alpha value is -3.26. The number of hydrogen-bond acceptors (Lipinski definition) is 4. The fourth-order valence-electron chi connectivity index (χ4n) is 2.60. The van der Waals surface area contributed by atoms with E-state index >= 15 is 0 Å². The van der Waals surface area contributed by atoms with Gasteiger partial charge in [-0.25, -0.2) is 4.98 Å². The number of carbonyl (C=O) groups excluding carboxylic acids is 1. The summed E-state index contributed by atoms with van der Waals surface area (Å²) in [6.07, 6.45) is 1.74. The largest absolute Gasteiger partial charge is 0.306 e. The maximum Gasteiger partial charge on any atom is 0.278 e. The zero-order valence-electron chi connectivity index (χ0n) is 14.2. The second kappa shape index (κ2) is 7.10. The molecule has 0 aliphatic carbocycles. The molecule has 3 rings (SSSR count). The second-order valence-electron chi connectivity index (χ2n) is 5.88. The number of aryl methyl sites for hydroxylation is 2. The third-order valence-electron chi connectivity index (χ3n) is 4.16. The van der Waals surface area contributed by atoms with E-state index in [1.165, 1.54) is 6.20 Å². The lowest BCUT2D eigenvalue weighted by atomic mass is 10.1. The van der Waals surface area contributed by atoms with E-state index in [0.717, 1.165) is 22.3 Å². The molecule has 0 radical (unpaired) electrons. The van der Waals surface area contributed by atoms with Crippen molar-refractivity contribution in [1.29, 1.82) is 5.26 Å². The highest BCUT2D eigenvalue weighted by Crippen LogP contribution is 2.21. The van der Waals surface area contributed by atoms with Crippen molar-refractivity contribution < 1.29 is 4.79 Å². The smallest absolute Gasteiger partial charge is 0.278 e. The van der Waals surface area contributed by atoms with Gasteiger partial charge in [0.05, 0.1) is 29.7 Å². The topological polar surface area (TPSA) is 69.9 Å². The summed E-state index contributed by atoms with van der Waals surface area (Å²) in [6, 6.07) is 15.4. The van der Waals surface area contributed by atoms with Crippen molar-refractivity contribution in [1.82, 2.24) is 9.97 Å². The number of rotatable bonds is 4. The fourth-order valence-corrected chi connectivity index (χ4v) is 2.60. The van der Waals surface area contributed by atoms with Crippen LogP contribution in [0.25, 0.3) is 11.0 Å². The molecular weight excluding hydrogens is 312 g/mol. The van der Waals surface area contributed by atoms with Crippen LogP contribution in [0.4, 0.5) is 5.69 Å². The molecule has 5 nitrogen and oxygen atoms in total. The van der Waals surface area contributed by atoms with Gasteiger partial charge in [-0.3, -0.25) is 9.78 Å². The molecule has 0 aliphatic heterocycles. The van der Waals surface area contributed by atoms with Gasteiger partial charge in [-0.2, -0.15) is 5.26 Å². The van der Waals surface area contributed by atoms with Crippen LogP contribution < -0.4 is 4.90 Å². The van der Waals surface area contributed by atoms with Crippen LogP contribution in [0.5, 0.6) is 0 Å². The number of fused-ring (bicyclic) bond motifs is 1. The van der Waals surface area contributed by atoms with Gasteiger partial charge in [-0.15, -0.1) is 0 Å². The molecule has 1 aromatic heterocycles. The van der Waals surface area contributed by atoms with Gasteiger partial charge in [0.25, 0.3) is 5.91 Å². The monoisotopic (exact) mass is 330 g/mol. The van der Waals surface area contributed by atoms with Crippen LogP contribution in [0.1, 0.15) is 28.0 Å². The van der Waals surface area contributed by atoms with Crippen LogP contribution in [0.3, 0.4) is 0 Å². The van der Waals surface area contributed by atoms with Gasteiger partial charge in [0.1, 0.15) is 5.69 Å². The summed E-state index contributed by atoms with van der Waals surface area (Å²) in [6.45, 7) is 4.34. The van der Waals surface area contributed by atoms with Gasteiger partial charge in [0, 0.05) is 12.2 Å². The third kappa shape index (κ3) is 3.48. The van der Waals surface area contributed by atoms with Crippen LogP contribution in [-0.2, 0) is 0 Å². The average Bonchev–Trinajstić information content (AvgIpc) is 2.64. The number of amides is 1. The fraction of sp³-hybridized carbons (Fsp3) is 0.200. The van der Waals surface area contributed by atoms with Crippen LogP contribution in [0.2, 0.25) is 0 Å². The molecule has 0 N–H and O–H groups in total. The lowest BCUT2D eigenvalue weighted by Gasteiger charge is -2.22. The van der Waals surface area contributed by atoms with E-state index < -0.39 is 0 Å². The Morgan fingerprint density at radius 3 is 2.60 bits per heavy atom. The van der Waals surface area contributed by atoms with E-state index in [1.807, 2.05) is 56.3 Å². The van der Waals surface area contributed by atoms with Crippen LogP contribution in [-0.4, -0.2) is 22.4 Å². The Bertz CT molecular complexity index is 975. The van der Waals surface area contributed by atoms with Crippen LogP contribution >= 0.6 is 0 Å². The number of para-hydroxylation sites is 2. The molecule has 1 amide bonds. The summed E-state index contributed by atoms with van der Waals surface area (Å²) >= 11 is 0. The van der Waals surface area contributed by atoms with Gasteiger partial charge in [0.2, 0.25) is 0 Å². The predicted octanol–water partition coefficient (Wildman–Crippen LogP) is 3.81. The first-order chi connectivity index (χ1) is 12.1. The maximum atomic E-state index is 13.0. The normalized spacial score (nSPS) is 10.4.